The number of nitrogens with zero attached hydrogens (tertiary/aromatic N) is 3. The predicted octanol–water partition coefficient (Wildman–Crippen LogP) is 0.800. The predicted molar refractivity (Wildman–Crippen MR) is 114 cm³/mol. The Balaban J connectivity index is 1.50. The van der Waals surface area contributed by atoms with Crippen LogP contribution in [0.2, 0.25) is 0 Å². The Kier molecular flexibility index (Phi) is 6.13. The number of hydrogen-bond donors (Lipinski definition) is 2. The first-order chi connectivity index (χ1) is 14.1. The van der Waals surface area contributed by atoms with E-state index >= 15 is 0 Å². The van der Waals surface area contributed by atoms with Gasteiger partial charge in [0, 0.05) is 56.4 Å². The van der Waals surface area contributed by atoms with E-state index in [1.54, 1.807) is 17.6 Å². The number of likely N-dealkylation sites (N-methyl/N-ethyl adjacent to an activating group) is 1. The fraction of sp³-hybridized carbons (Fsp3) is 0.435. The van der Waals surface area contributed by atoms with Crippen LogP contribution < -0.4 is 16.0 Å². The fourth-order valence-corrected chi connectivity index (χ4v) is 4.26. The Morgan fingerprint density at radius 1 is 1.07 bits per heavy atom. The highest BCUT2D eigenvalue weighted by molar-refractivity contribution is 5.93. The smallest absolute Gasteiger partial charge is 0.274 e. The molecule has 6 nitrogen and oxygen atoms in total. The molecule has 2 heterocycles. The quantitative estimate of drug-likeness (QED) is 0.562. The van der Waals surface area contributed by atoms with Crippen molar-refractivity contribution in [3.05, 3.63) is 57.7 Å². The number of aromatic nitrogens is 1. The number of benzene rings is 1. The highest BCUT2D eigenvalue weighted by Gasteiger charge is 2.15. The third kappa shape index (κ3) is 4.61. The standard InChI is InChI=1S/C23H30N4O2/c1-25-12-14-26(15-13-25)11-10-20-17-27(22-5-3-2-4-21(20)22)16-18-6-8-19(9-7-18)23(28)24-29/h4-9,17,29H,2-3,10-16H2,1H3,(H,24,28). The van der Waals surface area contributed by atoms with E-state index in [2.05, 4.69) is 39.8 Å². The van der Waals surface area contributed by atoms with Gasteiger partial charge in [-0.05, 0) is 54.8 Å². The molecule has 1 aliphatic heterocycles. The van der Waals surface area contributed by atoms with Gasteiger partial charge in [-0.15, -0.1) is 0 Å². The van der Waals surface area contributed by atoms with Crippen LogP contribution in [-0.4, -0.2) is 65.3 Å². The zero-order chi connectivity index (χ0) is 20.2. The van der Waals surface area contributed by atoms with Gasteiger partial charge < -0.3 is 14.4 Å². The molecule has 0 radical (unpaired) electrons. The van der Waals surface area contributed by atoms with Gasteiger partial charge in [0.15, 0.2) is 0 Å². The van der Waals surface area contributed by atoms with Gasteiger partial charge in [0.25, 0.3) is 5.91 Å². The molecule has 2 N–H and O–H groups in total. The van der Waals surface area contributed by atoms with Crippen molar-refractivity contribution in [1.82, 2.24) is 19.8 Å². The minimum atomic E-state index is -0.482. The Bertz CT molecular complexity index is 970. The lowest BCUT2D eigenvalue weighted by molar-refractivity contribution is 0.0706. The molecule has 2 aromatic rings. The molecule has 1 amide bonds. The maximum Gasteiger partial charge on any atom is 0.274 e. The normalized spacial score (nSPS) is 17.3. The summed E-state index contributed by atoms with van der Waals surface area (Å²) in [4.78, 5) is 16.5. The van der Waals surface area contributed by atoms with E-state index in [1.165, 1.54) is 16.1 Å². The lowest BCUT2D eigenvalue weighted by atomic mass is 10.1. The maximum absolute atomic E-state index is 11.5. The number of piperazine rings is 1. The number of fused-ring (bicyclic) bond motifs is 1. The molecule has 1 aromatic carbocycles. The first-order valence-corrected chi connectivity index (χ1v) is 10.5. The summed E-state index contributed by atoms with van der Waals surface area (Å²) in [5.41, 5.74) is 4.71. The van der Waals surface area contributed by atoms with Crippen molar-refractivity contribution in [1.29, 1.82) is 0 Å². The summed E-state index contributed by atoms with van der Waals surface area (Å²) in [6.07, 6.45) is 10.3. The van der Waals surface area contributed by atoms with Crippen molar-refractivity contribution in [3.8, 4) is 0 Å². The number of hydrogen-bond acceptors (Lipinski definition) is 4. The van der Waals surface area contributed by atoms with Crippen LogP contribution in [-0.2, 0) is 13.0 Å². The second-order valence-corrected chi connectivity index (χ2v) is 8.10. The Labute approximate surface area is 171 Å². The van der Waals surface area contributed by atoms with Crippen molar-refractivity contribution >= 4 is 18.1 Å². The van der Waals surface area contributed by atoms with E-state index in [4.69, 9.17) is 5.21 Å². The molecule has 0 spiro atoms. The zero-order valence-electron chi connectivity index (χ0n) is 17.1. The lowest BCUT2D eigenvalue weighted by Crippen LogP contribution is -2.45. The van der Waals surface area contributed by atoms with Crippen molar-refractivity contribution in [3.63, 3.8) is 0 Å². The van der Waals surface area contributed by atoms with Crippen molar-refractivity contribution in [2.24, 2.45) is 0 Å². The van der Waals surface area contributed by atoms with Crippen LogP contribution in [0, 0.1) is 0 Å². The SMILES string of the molecule is CN1CCN(CCc2cn(Cc3ccc(C(=O)NO)cc3)c3c2=CCCC=3)CC1. The molecular weight excluding hydrogens is 364 g/mol. The van der Waals surface area contributed by atoms with Crippen LogP contribution in [0.4, 0.5) is 0 Å². The van der Waals surface area contributed by atoms with E-state index in [9.17, 15) is 4.79 Å². The van der Waals surface area contributed by atoms with Gasteiger partial charge in [-0.3, -0.25) is 10.0 Å². The van der Waals surface area contributed by atoms with E-state index in [1.807, 2.05) is 12.1 Å². The topological polar surface area (TPSA) is 60.7 Å². The molecule has 1 aliphatic carbocycles. The highest BCUT2D eigenvalue weighted by atomic mass is 16.5. The summed E-state index contributed by atoms with van der Waals surface area (Å²) < 4.78 is 2.34. The van der Waals surface area contributed by atoms with Gasteiger partial charge in [0.1, 0.15) is 0 Å². The van der Waals surface area contributed by atoms with E-state index in [0.717, 1.165) is 64.1 Å². The van der Waals surface area contributed by atoms with E-state index in [-0.39, 0.29) is 0 Å². The van der Waals surface area contributed by atoms with E-state index in [0.29, 0.717) is 5.56 Å². The fourth-order valence-electron chi connectivity index (χ4n) is 4.26. The highest BCUT2D eigenvalue weighted by Crippen LogP contribution is 2.08. The second kappa shape index (κ2) is 8.95. The molecule has 2 aliphatic rings. The molecule has 1 fully saturated rings. The molecule has 0 bridgehead atoms. The van der Waals surface area contributed by atoms with Gasteiger partial charge in [-0.1, -0.05) is 24.3 Å². The third-order valence-electron chi connectivity index (χ3n) is 6.06. The molecule has 6 heteroatoms. The van der Waals surface area contributed by atoms with Gasteiger partial charge in [-0.25, -0.2) is 5.48 Å². The average Bonchev–Trinajstić information content (AvgIpc) is 3.11. The molecule has 0 atom stereocenters. The average molecular weight is 395 g/mol. The van der Waals surface area contributed by atoms with Crippen LogP contribution in [0.25, 0.3) is 12.2 Å². The molecule has 4 rings (SSSR count). The summed E-state index contributed by atoms with van der Waals surface area (Å²) in [6, 6.07) is 7.41. The first-order valence-electron chi connectivity index (χ1n) is 10.5. The molecule has 0 unspecified atom stereocenters. The van der Waals surface area contributed by atoms with Crippen LogP contribution in [0.15, 0.2) is 30.5 Å². The summed E-state index contributed by atoms with van der Waals surface area (Å²) in [7, 11) is 2.20. The van der Waals surface area contributed by atoms with Crippen molar-refractivity contribution < 1.29 is 10.0 Å². The van der Waals surface area contributed by atoms with Crippen LogP contribution in [0.3, 0.4) is 0 Å². The summed E-state index contributed by atoms with van der Waals surface area (Å²) in [5, 5.41) is 11.5. The first kappa shape index (κ1) is 19.9. The Morgan fingerprint density at radius 3 is 2.52 bits per heavy atom. The molecule has 1 saturated heterocycles. The molecular formula is C23H30N4O2. The molecule has 29 heavy (non-hydrogen) atoms. The maximum atomic E-state index is 11.5. The second-order valence-electron chi connectivity index (χ2n) is 8.10. The summed E-state index contributed by atoms with van der Waals surface area (Å²) in [5.74, 6) is -0.482. The minimum absolute atomic E-state index is 0.457. The van der Waals surface area contributed by atoms with Gasteiger partial charge in [-0.2, -0.15) is 0 Å². The summed E-state index contributed by atoms with van der Waals surface area (Å²) in [6.45, 7) is 6.52. The van der Waals surface area contributed by atoms with Crippen molar-refractivity contribution in [2.45, 2.75) is 25.8 Å². The van der Waals surface area contributed by atoms with Gasteiger partial charge >= 0.3 is 0 Å². The third-order valence-corrected chi connectivity index (χ3v) is 6.06. The number of nitrogens with one attached hydrogen (secondary N) is 1. The number of carbonyl (C=O) groups is 1. The number of hydroxylamine groups is 1. The summed E-state index contributed by atoms with van der Waals surface area (Å²) >= 11 is 0. The number of rotatable bonds is 6. The Hall–Kier alpha value is -2.41. The van der Waals surface area contributed by atoms with Crippen LogP contribution in [0.5, 0.6) is 0 Å². The Morgan fingerprint density at radius 2 is 1.79 bits per heavy atom. The lowest BCUT2D eigenvalue weighted by Gasteiger charge is -2.32. The van der Waals surface area contributed by atoms with E-state index < -0.39 is 5.91 Å². The van der Waals surface area contributed by atoms with Gasteiger partial charge in [0.05, 0.1) is 0 Å². The minimum Gasteiger partial charge on any atom is -0.343 e. The molecule has 154 valence electrons. The van der Waals surface area contributed by atoms with Crippen molar-refractivity contribution in [2.75, 3.05) is 39.8 Å². The molecule has 1 aromatic heterocycles. The zero-order valence-corrected chi connectivity index (χ0v) is 17.1. The molecule has 0 saturated carbocycles. The largest absolute Gasteiger partial charge is 0.343 e. The van der Waals surface area contributed by atoms with Crippen LogP contribution >= 0.6 is 0 Å². The van der Waals surface area contributed by atoms with Gasteiger partial charge in [0.2, 0.25) is 0 Å². The van der Waals surface area contributed by atoms with Crippen LogP contribution in [0.1, 0.15) is 34.3 Å². The number of amides is 1. The monoisotopic (exact) mass is 394 g/mol. The number of carbonyl (C=O) groups excluding carboxylic acids is 1.